The minimum Gasteiger partial charge on any atom is -0.497 e. The molecule has 0 aliphatic heterocycles. The molecule has 0 aromatic heterocycles. The zero-order valence-electron chi connectivity index (χ0n) is 12.0. The predicted octanol–water partition coefficient (Wildman–Crippen LogP) is 2.55. The molecule has 1 rings (SSSR count). The molecule has 4 nitrogen and oxygen atoms in total. The minimum atomic E-state index is 0.0274. The van der Waals surface area contributed by atoms with Gasteiger partial charge in [-0.2, -0.15) is 0 Å². The summed E-state index contributed by atoms with van der Waals surface area (Å²) in [5, 5.41) is 2.92. The quantitative estimate of drug-likeness (QED) is 0.735. The maximum Gasteiger partial charge on any atom is 0.224 e. The smallest absolute Gasteiger partial charge is 0.224 e. The van der Waals surface area contributed by atoms with Gasteiger partial charge in [0, 0.05) is 18.2 Å². The summed E-state index contributed by atoms with van der Waals surface area (Å²) in [4.78, 5) is 11.8. The number of ether oxygens (including phenoxy) is 2. The maximum absolute atomic E-state index is 11.8. The van der Waals surface area contributed by atoms with Gasteiger partial charge < -0.3 is 14.8 Å². The number of unbranched alkanes of at least 4 members (excludes halogenated alkanes) is 2. The number of hydrogen-bond donors (Lipinski definition) is 1. The van der Waals surface area contributed by atoms with Crippen LogP contribution in [-0.4, -0.2) is 26.7 Å². The Morgan fingerprint density at radius 3 is 2.63 bits per heavy atom. The molecule has 1 N–H and O–H groups in total. The Labute approximate surface area is 115 Å². The Kier molecular flexibility index (Phi) is 6.79. The summed E-state index contributed by atoms with van der Waals surface area (Å²) in [6, 6.07) is 5.49. The Morgan fingerprint density at radius 1 is 1.21 bits per heavy atom. The van der Waals surface area contributed by atoms with Crippen LogP contribution >= 0.6 is 0 Å². The zero-order valence-corrected chi connectivity index (χ0v) is 12.0. The average molecular weight is 265 g/mol. The molecular formula is C15H23NO3. The van der Waals surface area contributed by atoms with E-state index in [0.717, 1.165) is 37.1 Å². The van der Waals surface area contributed by atoms with Crippen molar-refractivity contribution in [3.8, 4) is 11.5 Å². The number of methoxy groups -OCH3 is 2. The van der Waals surface area contributed by atoms with Gasteiger partial charge in [0.15, 0.2) is 0 Å². The minimum absolute atomic E-state index is 0.0274. The highest BCUT2D eigenvalue weighted by Crippen LogP contribution is 2.24. The van der Waals surface area contributed by atoms with E-state index in [1.165, 1.54) is 0 Å². The lowest BCUT2D eigenvalue weighted by molar-refractivity contribution is -0.120. The summed E-state index contributed by atoms with van der Waals surface area (Å²) in [7, 11) is 3.20. The molecule has 0 fully saturated rings. The van der Waals surface area contributed by atoms with Crippen molar-refractivity contribution in [2.24, 2.45) is 0 Å². The number of nitrogens with one attached hydrogen (secondary N) is 1. The molecular weight excluding hydrogens is 242 g/mol. The highest BCUT2D eigenvalue weighted by Gasteiger charge is 2.09. The zero-order chi connectivity index (χ0) is 14.1. The van der Waals surface area contributed by atoms with E-state index in [0.29, 0.717) is 12.2 Å². The van der Waals surface area contributed by atoms with Crippen LogP contribution in [0.2, 0.25) is 0 Å². The molecule has 0 spiro atoms. The number of rotatable bonds is 8. The Morgan fingerprint density at radius 2 is 2.00 bits per heavy atom. The predicted molar refractivity (Wildman–Crippen MR) is 75.8 cm³/mol. The fraction of sp³-hybridized carbons (Fsp3) is 0.533. The monoisotopic (exact) mass is 265 g/mol. The molecule has 0 saturated heterocycles. The van der Waals surface area contributed by atoms with Crippen LogP contribution in [0.3, 0.4) is 0 Å². The van der Waals surface area contributed by atoms with E-state index >= 15 is 0 Å². The topological polar surface area (TPSA) is 47.6 Å². The average Bonchev–Trinajstić information content (AvgIpc) is 2.44. The number of carbonyl (C=O) groups excluding carboxylic acids is 1. The van der Waals surface area contributed by atoms with Crippen molar-refractivity contribution in [1.29, 1.82) is 0 Å². The lowest BCUT2D eigenvalue weighted by Gasteiger charge is -2.10. The summed E-state index contributed by atoms with van der Waals surface area (Å²) < 4.78 is 10.4. The fourth-order valence-corrected chi connectivity index (χ4v) is 1.84. The molecule has 0 saturated carbocycles. The summed E-state index contributed by atoms with van der Waals surface area (Å²) in [5.74, 6) is 1.44. The molecule has 0 bridgehead atoms. The van der Waals surface area contributed by atoms with Gasteiger partial charge in [-0.05, 0) is 12.5 Å². The van der Waals surface area contributed by atoms with E-state index in [9.17, 15) is 4.79 Å². The third-order valence-corrected chi connectivity index (χ3v) is 2.95. The lowest BCUT2D eigenvalue weighted by atomic mass is 10.1. The number of benzene rings is 1. The molecule has 106 valence electrons. The highest BCUT2D eigenvalue weighted by atomic mass is 16.5. The SMILES string of the molecule is CCCCCNC(=O)Cc1ccc(OC)cc1OC. The first-order valence-electron chi connectivity index (χ1n) is 6.68. The first kappa shape index (κ1) is 15.3. The second kappa shape index (κ2) is 8.40. The van der Waals surface area contributed by atoms with Crippen LogP contribution in [0.15, 0.2) is 18.2 Å². The highest BCUT2D eigenvalue weighted by molar-refractivity contribution is 5.79. The van der Waals surface area contributed by atoms with Gasteiger partial charge in [-0.3, -0.25) is 4.79 Å². The largest absolute Gasteiger partial charge is 0.497 e. The van der Waals surface area contributed by atoms with E-state index in [4.69, 9.17) is 9.47 Å². The fourth-order valence-electron chi connectivity index (χ4n) is 1.84. The van der Waals surface area contributed by atoms with Gasteiger partial charge in [-0.15, -0.1) is 0 Å². The molecule has 0 unspecified atom stereocenters. The molecule has 19 heavy (non-hydrogen) atoms. The van der Waals surface area contributed by atoms with Crippen molar-refractivity contribution in [3.63, 3.8) is 0 Å². The molecule has 0 radical (unpaired) electrons. The molecule has 1 amide bonds. The molecule has 4 heteroatoms. The van der Waals surface area contributed by atoms with Gasteiger partial charge in [0.05, 0.1) is 20.6 Å². The summed E-state index contributed by atoms with van der Waals surface area (Å²) in [6.07, 6.45) is 3.66. The van der Waals surface area contributed by atoms with Crippen molar-refractivity contribution in [3.05, 3.63) is 23.8 Å². The molecule has 0 aliphatic rings. The van der Waals surface area contributed by atoms with Gasteiger partial charge in [-0.25, -0.2) is 0 Å². The van der Waals surface area contributed by atoms with Crippen molar-refractivity contribution in [2.45, 2.75) is 32.6 Å². The van der Waals surface area contributed by atoms with Crippen molar-refractivity contribution in [2.75, 3.05) is 20.8 Å². The van der Waals surface area contributed by atoms with Crippen LogP contribution in [0.5, 0.6) is 11.5 Å². The van der Waals surface area contributed by atoms with Crippen molar-refractivity contribution in [1.82, 2.24) is 5.32 Å². The normalized spacial score (nSPS) is 10.1. The standard InChI is InChI=1S/C15H23NO3/c1-4-5-6-9-16-15(17)10-12-7-8-13(18-2)11-14(12)19-3/h7-8,11H,4-6,9-10H2,1-3H3,(H,16,17). The van der Waals surface area contributed by atoms with E-state index < -0.39 is 0 Å². The van der Waals surface area contributed by atoms with E-state index in [1.54, 1.807) is 20.3 Å². The van der Waals surface area contributed by atoms with Gasteiger partial charge in [0.2, 0.25) is 5.91 Å². The maximum atomic E-state index is 11.8. The van der Waals surface area contributed by atoms with Crippen LogP contribution in [0, 0.1) is 0 Å². The van der Waals surface area contributed by atoms with Gasteiger partial charge in [-0.1, -0.05) is 25.8 Å². The molecule has 0 heterocycles. The summed E-state index contributed by atoms with van der Waals surface area (Å²) in [6.45, 7) is 2.88. The Hall–Kier alpha value is -1.71. The number of carbonyl (C=O) groups is 1. The first-order chi connectivity index (χ1) is 9.21. The van der Waals surface area contributed by atoms with Crippen LogP contribution in [-0.2, 0) is 11.2 Å². The van der Waals surface area contributed by atoms with E-state index in [1.807, 2.05) is 12.1 Å². The van der Waals surface area contributed by atoms with Crippen LogP contribution in [0.4, 0.5) is 0 Å². The third-order valence-electron chi connectivity index (χ3n) is 2.95. The third kappa shape index (κ3) is 5.20. The molecule has 1 aromatic carbocycles. The number of amides is 1. The number of hydrogen-bond acceptors (Lipinski definition) is 3. The lowest BCUT2D eigenvalue weighted by Crippen LogP contribution is -2.26. The van der Waals surface area contributed by atoms with E-state index in [-0.39, 0.29) is 5.91 Å². The van der Waals surface area contributed by atoms with Gasteiger partial charge >= 0.3 is 0 Å². The molecule has 0 aliphatic carbocycles. The van der Waals surface area contributed by atoms with Crippen LogP contribution in [0.1, 0.15) is 31.7 Å². The van der Waals surface area contributed by atoms with Gasteiger partial charge in [0.1, 0.15) is 11.5 Å². The van der Waals surface area contributed by atoms with Crippen LogP contribution in [0.25, 0.3) is 0 Å². The molecule has 1 aromatic rings. The Balaban J connectivity index is 2.53. The Bertz CT molecular complexity index is 404. The van der Waals surface area contributed by atoms with Crippen LogP contribution < -0.4 is 14.8 Å². The second-order valence-electron chi connectivity index (χ2n) is 4.41. The molecule has 0 atom stereocenters. The van der Waals surface area contributed by atoms with Crippen molar-refractivity contribution < 1.29 is 14.3 Å². The first-order valence-corrected chi connectivity index (χ1v) is 6.68. The van der Waals surface area contributed by atoms with Crippen molar-refractivity contribution >= 4 is 5.91 Å². The second-order valence-corrected chi connectivity index (χ2v) is 4.41. The summed E-state index contributed by atoms with van der Waals surface area (Å²) >= 11 is 0. The van der Waals surface area contributed by atoms with E-state index in [2.05, 4.69) is 12.2 Å². The summed E-state index contributed by atoms with van der Waals surface area (Å²) in [5.41, 5.74) is 0.872. The van der Waals surface area contributed by atoms with Gasteiger partial charge in [0.25, 0.3) is 0 Å².